The van der Waals surface area contributed by atoms with Crippen LogP contribution in [-0.4, -0.2) is 36.3 Å². The molecular weight excluding hydrogens is 574 g/mol. The van der Waals surface area contributed by atoms with Crippen LogP contribution in [0, 0.1) is 0 Å². The quantitative estimate of drug-likeness (QED) is 0.254. The first kappa shape index (κ1) is 28.3. The molecule has 2 N–H and O–H groups in total. The fraction of sp³-hybridized carbons (Fsp3) is 0.174. The fourth-order valence-electron chi connectivity index (χ4n) is 3.21. The number of anilines is 1. The van der Waals surface area contributed by atoms with Crippen molar-refractivity contribution in [1.82, 2.24) is 14.7 Å². The van der Waals surface area contributed by atoms with Gasteiger partial charge in [0.1, 0.15) is 0 Å². The number of carbonyl (C=O) groups excluding carboxylic acids is 1. The normalized spacial score (nSPS) is 12.5. The smallest absolute Gasteiger partial charge is 0.431 e. The number of thiazole rings is 1. The minimum absolute atomic E-state index is 0.0850. The molecule has 2 heterocycles. The summed E-state index contributed by atoms with van der Waals surface area (Å²) < 4.78 is 106. The Labute approximate surface area is 220 Å². The molecule has 0 spiro atoms. The summed E-state index contributed by atoms with van der Waals surface area (Å²) in [5.74, 6) is -3.04. The average Bonchev–Trinajstić information content (AvgIpc) is 3.52. The third-order valence-electron chi connectivity index (χ3n) is 5.04. The van der Waals surface area contributed by atoms with Gasteiger partial charge >= 0.3 is 21.7 Å². The molecule has 0 atom stereocenters. The maximum Gasteiger partial charge on any atom is 0.511 e. The number of oxazole rings is 1. The molecule has 0 aliphatic carbocycles. The van der Waals surface area contributed by atoms with Crippen molar-refractivity contribution < 1.29 is 44.0 Å². The van der Waals surface area contributed by atoms with Gasteiger partial charge in [0.15, 0.2) is 5.69 Å². The molecule has 2 aromatic carbocycles. The topological polar surface area (TPSA) is 114 Å². The minimum atomic E-state index is -5.45. The van der Waals surface area contributed by atoms with E-state index in [1.165, 1.54) is 35.2 Å². The molecule has 0 fully saturated rings. The van der Waals surface area contributed by atoms with Crippen LogP contribution in [0.4, 0.5) is 32.0 Å². The zero-order chi connectivity index (χ0) is 28.4. The fourth-order valence-corrected chi connectivity index (χ4v) is 4.67. The van der Waals surface area contributed by atoms with E-state index in [0.717, 1.165) is 11.3 Å². The highest BCUT2D eigenvalue weighted by Crippen LogP contribution is 2.36. The van der Waals surface area contributed by atoms with Gasteiger partial charge in [-0.1, -0.05) is 30.3 Å². The summed E-state index contributed by atoms with van der Waals surface area (Å²) in [5, 5.41) is 2.71. The highest BCUT2D eigenvalue weighted by molar-refractivity contribution is 7.90. The van der Waals surface area contributed by atoms with Crippen molar-refractivity contribution in [1.29, 1.82) is 0 Å². The summed E-state index contributed by atoms with van der Waals surface area (Å²) in [6, 6.07) is 13.7. The number of hydrogen-bond donors (Lipinski definition) is 2. The summed E-state index contributed by atoms with van der Waals surface area (Å²) in [7, 11) is -5.45. The minimum Gasteiger partial charge on any atom is -0.431 e. The van der Waals surface area contributed by atoms with Gasteiger partial charge in [-0.3, -0.25) is 4.79 Å². The van der Waals surface area contributed by atoms with Gasteiger partial charge < -0.3 is 9.73 Å². The van der Waals surface area contributed by atoms with Crippen LogP contribution in [0.1, 0.15) is 21.3 Å². The van der Waals surface area contributed by atoms with Crippen molar-refractivity contribution >= 4 is 33.0 Å². The number of alkyl halides is 6. The molecular formula is C23H16F6N4O4S2. The highest BCUT2D eigenvalue weighted by atomic mass is 32.2. The maximum absolute atomic E-state index is 13.5. The van der Waals surface area contributed by atoms with E-state index in [1.54, 1.807) is 30.3 Å². The molecule has 0 aliphatic rings. The molecule has 16 heteroatoms. The van der Waals surface area contributed by atoms with Gasteiger partial charge in [-0.05, 0) is 29.8 Å². The second-order valence-corrected chi connectivity index (χ2v) is 10.7. The zero-order valence-electron chi connectivity index (χ0n) is 19.3. The SMILES string of the molecule is O=C(Nc1ccc(-c2cnc(CCNS(=O)(=O)C(F)(F)F)s2)cc1)c1nc(-c2ccccc2)oc1C(F)(F)F. The predicted molar refractivity (Wildman–Crippen MR) is 129 cm³/mol. The molecule has 0 saturated heterocycles. The van der Waals surface area contributed by atoms with Crippen LogP contribution in [0.2, 0.25) is 0 Å². The van der Waals surface area contributed by atoms with Crippen LogP contribution >= 0.6 is 11.3 Å². The molecule has 206 valence electrons. The van der Waals surface area contributed by atoms with Crippen molar-refractivity contribution in [2.75, 3.05) is 11.9 Å². The lowest BCUT2D eigenvalue weighted by atomic mass is 10.2. The second-order valence-electron chi connectivity index (χ2n) is 7.80. The molecule has 4 rings (SSSR count). The van der Waals surface area contributed by atoms with Gasteiger partial charge in [0.05, 0.1) is 9.88 Å². The van der Waals surface area contributed by atoms with E-state index in [-0.39, 0.29) is 23.6 Å². The third-order valence-corrected chi connectivity index (χ3v) is 7.34. The lowest BCUT2D eigenvalue weighted by Gasteiger charge is -2.08. The largest absolute Gasteiger partial charge is 0.511 e. The van der Waals surface area contributed by atoms with E-state index < -0.39 is 45.6 Å². The van der Waals surface area contributed by atoms with Crippen molar-refractivity contribution in [3.8, 4) is 21.9 Å². The molecule has 0 aliphatic heterocycles. The third kappa shape index (κ3) is 6.63. The van der Waals surface area contributed by atoms with Crippen LogP contribution in [0.5, 0.6) is 0 Å². The van der Waals surface area contributed by atoms with E-state index in [4.69, 9.17) is 4.42 Å². The van der Waals surface area contributed by atoms with Crippen LogP contribution in [0.3, 0.4) is 0 Å². The van der Waals surface area contributed by atoms with Gasteiger partial charge in [-0.15, -0.1) is 11.3 Å². The van der Waals surface area contributed by atoms with Crippen molar-refractivity contribution in [2.24, 2.45) is 0 Å². The van der Waals surface area contributed by atoms with Crippen molar-refractivity contribution in [2.45, 2.75) is 18.1 Å². The molecule has 8 nitrogen and oxygen atoms in total. The van der Waals surface area contributed by atoms with Crippen LogP contribution < -0.4 is 10.0 Å². The molecule has 0 radical (unpaired) electrons. The summed E-state index contributed by atoms with van der Waals surface area (Å²) in [4.78, 5) is 21.1. The molecule has 39 heavy (non-hydrogen) atoms. The average molecular weight is 591 g/mol. The number of benzene rings is 2. The summed E-state index contributed by atoms with van der Waals surface area (Å²) in [6.45, 7) is -0.506. The number of nitrogens with one attached hydrogen (secondary N) is 2. The van der Waals surface area contributed by atoms with Gasteiger partial charge in [-0.25, -0.2) is 23.1 Å². The van der Waals surface area contributed by atoms with E-state index in [0.29, 0.717) is 15.4 Å². The number of hydrogen-bond acceptors (Lipinski definition) is 7. The van der Waals surface area contributed by atoms with E-state index in [9.17, 15) is 39.6 Å². The Morgan fingerprint density at radius 3 is 2.23 bits per heavy atom. The number of carbonyl (C=O) groups is 1. The zero-order valence-corrected chi connectivity index (χ0v) is 20.9. The summed E-state index contributed by atoms with van der Waals surface area (Å²) in [5.41, 5.74) is -5.33. The Morgan fingerprint density at radius 2 is 1.62 bits per heavy atom. The molecule has 2 aromatic heterocycles. The Bertz CT molecular complexity index is 1560. The first-order valence-corrected chi connectivity index (χ1v) is 13.1. The summed E-state index contributed by atoms with van der Waals surface area (Å²) >= 11 is 1.10. The number of rotatable bonds is 8. The van der Waals surface area contributed by atoms with E-state index in [1.807, 2.05) is 0 Å². The summed E-state index contributed by atoms with van der Waals surface area (Å²) in [6.07, 6.45) is -3.62. The molecule has 0 unspecified atom stereocenters. The van der Waals surface area contributed by atoms with Gasteiger partial charge in [0.25, 0.3) is 5.91 Å². The van der Waals surface area contributed by atoms with E-state index in [2.05, 4.69) is 15.3 Å². The Kier molecular flexibility index (Phi) is 7.81. The van der Waals surface area contributed by atoms with Crippen LogP contribution in [0.15, 0.2) is 65.2 Å². The second kappa shape index (κ2) is 10.8. The predicted octanol–water partition coefficient (Wildman–Crippen LogP) is 5.72. The molecule has 0 saturated carbocycles. The molecule has 0 bridgehead atoms. The lowest BCUT2D eigenvalue weighted by molar-refractivity contribution is -0.153. The van der Waals surface area contributed by atoms with Gasteiger partial charge in [0.2, 0.25) is 11.7 Å². The number of nitrogens with zero attached hydrogens (tertiary/aromatic N) is 2. The van der Waals surface area contributed by atoms with Crippen LogP contribution in [-0.2, 0) is 22.6 Å². The number of amides is 1. The highest BCUT2D eigenvalue weighted by Gasteiger charge is 2.45. The number of halogens is 6. The first-order chi connectivity index (χ1) is 18.2. The van der Waals surface area contributed by atoms with Gasteiger partial charge in [-0.2, -0.15) is 26.3 Å². The van der Waals surface area contributed by atoms with E-state index >= 15 is 0 Å². The van der Waals surface area contributed by atoms with Gasteiger partial charge in [0, 0.05) is 30.4 Å². The Balaban J connectivity index is 1.44. The standard InChI is InChI=1S/C23H16F6N4O4S2/c24-22(25,26)19-18(33-21(37-19)14-4-2-1-3-5-14)20(34)32-15-8-6-13(7-9-15)16-12-30-17(38-16)10-11-31-39(35,36)23(27,28)29/h1-9,12,31H,10-11H2,(H,32,34). The number of sulfonamides is 1. The maximum atomic E-state index is 13.5. The van der Waals surface area contributed by atoms with Crippen LogP contribution in [0.25, 0.3) is 21.9 Å². The Morgan fingerprint density at radius 1 is 0.949 bits per heavy atom. The Hall–Kier alpha value is -3.76. The number of aromatic nitrogens is 2. The van der Waals surface area contributed by atoms with Crippen molar-refractivity contribution in [3.63, 3.8) is 0 Å². The van der Waals surface area contributed by atoms with Crippen molar-refractivity contribution in [3.05, 3.63) is 77.3 Å². The monoisotopic (exact) mass is 590 g/mol. The molecule has 1 amide bonds. The molecule has 4 aromatic rings. The first-order valence-electron chi connectivity index (χ1n) is 10.8. The lowest BCUT2D eigenvalue weighted by Crippen LogP contribution is -2.37.